The van der Waals surface area contributed by atoms with Crippen LogP contribution in [0.25, 0.3) is 0 Å². The Kier molecular flexibility index (Phi) is 8.06. The van der Waals surface area contributed by atoms with Crippen LogP contribution in [0.15, 0.2) is 57.2 Å². The molecule has 0 aliphatic carbocycles. The molecule has 2 atom stereocenters. The molecule has 0 aromatic heterocycles. The van der Waals surface area contributed by atoms with Crippen molar-refractivity contribution in [1.29, 1.82) is 0 Å². The number of nitrogens with zero attached hydrogens (tertiary/aromatic N) is 2. The van der Waals surface area contributed by atoms with Gasteiger partial charge in [-0.15, -0.1) is 0 Å². The van der Waals surface area contributed by atoms with Gasteiger partial charge in [0.2, 0.25) is 11.6 Å². The van der Waals surface area contributed by atoms with Crippen LogP contribution < -0.4 is 10.2 Å². The van der Waals surface area contributed by atoms with Gasteiger partial charge in [-0.3, -0.25) is 9.98 Å². The molecule has 0 aromatic carbocycles. The number of hydrogen-bond donors (Lipinski definition) is 2. The zero-order chi connectivity index (χ0) is 27.5. The van der Waals surface area contributed by atoms with Gasteiger partial charge in [0, 0.05) is 48.2 Å². The fourth-order valence-electron chi connectivity index (χ4n) is 4.21. The van der Waals surface area contributed by atoms with Gasteiger partial charge in [0.15, 0.2) is 0 Å². The van der Waals surface area contributed by atoms with Crippen molar-refractivity contribution in [2.45, 2.75) is 93.7 Å². The van der Waals surface area contributed by atoms with Gasteiger partial charge in [0.1, 0.15) is 11.5 Å². The normalized spacial score (nSPS) is 34.4. The molecule has 4 aliphatic heterocycles. The predicted molar refractivity (Wildman–Crippen MR) is 135 cm³/mol. The number of ether oxygens (including phenoxy) is 2. The largest absolute Gasteiger partial charge is 2.00 e. The van der Waals surface area contributed by atoms with E-state index in [1.807, 2.05) is 67.5 Å². The van der Waals surface area contributed by atoms with E-state index < -0.39 is 22.4 Å². The number of hydrogen-bond acceptors (Lipinski definition) is 8. The van der Waals surface area contributed by atoms with Crippen molar-refractivity contribution < 1.29 is 46.4 Å². The van der Waals surface area contributed by atoms with Gasteiger partial charge in [-0.25, -0.2) is 0 Å². The molecule has 0 saturated heterocycles. The van der Waals surface area contributed by atoms with E-state index in [0.717, 1.165) is 0 Å². The fraction of sp³-hybridized carbons (Fsp3) is 0.643. The topological polar surface area (TPSA) is 130 Å². The van der Waals surface area contributed by atoms with Crippen LogP contribution in [0.5, 0.6) is 0 Å². The van der Waals surface area contributed by atoms with Gasteiger partial charge in [0.05, 0.1) is 10.8 Å². The molecule has 37 heavy (non-hydrogen) atoms. The third kappa shape index (κ3) is 6.32. The van der Waals surface area contributed by atoms with Crippen LogP contribution in [0.3, 0.4) is 0 Å². The average molecular weight is 559 g/mol. The van der Waals surface area contributed by atoms with Gasteiger partial charge >= 0.3 is 16.5 Å². The van der Waals surface area contributed by atoms with Crippen LogP contribution in [0.4, 0.5) is 0 Å². The molecule has 4 heterocycles. The molecule has 4 aliphatic rings. The van der Waals surface area contributed by atoms with Gasteiger partial charge in [0.25, 0.3) is 0 Å². The maximum atomic E-state index is 11.4. The second-order valence-electron chi connectivity index (χ2n) is 12.9. The summed E-state index contributed by atoms with van der Waals surface area (Å²) < 4.78 is 11.0. The van der Waals surface area contributed by atoms with Crippen molar-refractivity contribution in [1.82, 2.24) is 0 Å². The molecular weight excluding hydrogens is 519 g/mol. The van der Waals surface area contributed by atoms with E-state index in [1.165, 1.54) is 0 Å². The maximum absolute atomic E-state index is 11.4. The van der Waals surface area contributed by atoms with Crippen molar-refractivity contribution in [3.05, 3.63) is 47.2 Å². The van der Waals surface area contributed by atoms with Crippen LogP contribution >= 0.6 is 0 Å². The van der Waals surface area contributed by atoms with Gasteiger partial charge < -0.3 is 29.9 Å². The summed E-state index contributed by atoms with van der Waals surface area (Å²) in [7, 11) is 0. The third-order valence-corrected chi connectivity index (χ3v) is 7.65. The monoisotopic (exact) mass is 558 g/mol. The Morgan fingerprint density at radius 1 is 0.676 bits per heavy atom. The number of allylic oxidation sites excluding steroid dienone is 4. The third-order valence-electron chi connectivity index (χ3n) is 7.65. The zero-order valence-electron chi connectivity index (χ0n) is 23.5. The van der Waals surface area contributed by atoms with E-state index >= 15 is 0 Å². The van der Waals surface area contributed by atoms with Gasteiger partial charge in [-0.05, 0) is 64.5 Å². The number of rotatable bonds is 2. The summed E-state index contributed by atoms with van der Waals surface area (Å²) in [5.74, 6) is -1.51. The molecule has 4 rings (SSSR count). The van der Waals surface area contributed by atoms with Crippen molar-refractivity contribution >= 4 is 11.8 Å². The molecule has 0 radical (unpaired) electrons. The average Bonchev–Trinajstić information content (AvgIpc) is 3.19. The minimum absolute atomic E-state index is 0. The molecule has 2 N–H and O–H groups in total. The van der Waals surface area contributed by atoms with E-state index in [2.05, 4.69) is 9.98 Å². The van der Waals surface area contributed by atoms with Crippen LogP contribution in [-0.4, -0.2) is 33.6 Å². The summed E-state index contributed by atoms with van der Waals surface area (Å²) in [5, 5.41) is 43.1. The van der Waals surface area contributed by atoms with Crippen molar-refractivity contribution in [3.8, 4) is 0 Å². The molecular formula is C28H40N2NiO6. The van der Waals surface area contributed by atoms with Crippen molar-refractivity contribution in [2.24, 2.45) is 31.6 Å². The first kappa shape index (κ1) is 31.1. The summed E-state index contributed by atoms with van der Waals surface area (Å²) in [6.45, 7) is 18.8. The standard InChI is InChI=1S/2C14H21NO3.Ni/c2*1-12(2)8-11(16)15-10(12)6-9-7-13(3,4)14(5,17)18-9;/h2*6-7,17H,8H2,1-5H3,(H,15,16);/q;;+2/p-2/b2*10-6-;. The Labute approximate surface area is 230 Å². The number of aliphatic imine (C=N–C) groups is 2. The van der Waals surface area contributed by atoms with E-state index in [-0.39, 0.29) is 39.1 Å². The molecule has 9 heteroatoms. The molecule has 0 spiro atoms. The zero-order valence-corrected chi connectivity index (χ0v) is 24.4. The van der Waals surface area contributed by atoms with Crippen LogP contribution in [0.2, 0.25) is 0 Å². The Balaban J connectivity index is 0.000000253. The number of aliphatic hydroxyl groups is 2. The first-order valence-corrected chi connectivity index (χ1v) is 12.3. The summed E-state index contributed by atoms with van der Waals surface area (Å²) >= 11 is 0. The van der Waals surface area contributed by atoms with E-state index in [9.17, 15) is 20.4 Å². The molecule has 0 bridgehead atoms. The summed E-state index contributed by atoms with van der Waals surface area (Å²) in [6.07, 6.45) is 8.10. The second-order valence-corrected chi connectivity index (χ2v) is 12.9. The molecule has 0 amide bonds. The SMILES string of the molecule is CC1(C)CC([O-])=N/C1=C\C1=CC(C)(C)C(C)(O)O1.CC1(C)CC([O-])=N/C1=C\C1=CC(C)(C)C(C)(O)O1.[Ni+2]. The molecule has 8 nitrogen and oxygen atoms in total. The first-order chi connectivity index (χ1) is 16.1. The quantitative estimate of drug-likeness (QED) is 0.499. The molecule has 208 valence electrons. The summed E-state index contributed by atoms with van der Waals surface area (Å²) in [5.41, 5.74) is -0.0302. The van der Waals surface area contributed by atoms with Crippen LogP contribution in [0.1, 0.15) is 82.1 Å². The Morgan fingerprint density at radius 3 is 1.16 bits per heavy atom. The molecule has 0 saturated carbocycles. The smallest absolute Gasteiger partial charge is 0.862 e. The van der Waals surface area contributed by atoms with Gasteiger partial charge in [-0.1, -0.05) is 27.7 Å². The maximum Gasteiger partial charge on any atom is 2.00 e. The fourth-order valence-corrected chi connectivity index (χ4v) is 4.21. The summed E-state index contributed by atoms with van der Waals surface area (Å²) in [6, 6.07) is 0. The second kappa shape index (κ2) is 9.58. The summed E-state index contributed by atoms with van der Waals surface area (Å²) in [4.78, 5) is 8.04. The Hall–Kier alpha value is -2.09. The molecule has 0 aromatic rings. The van der Waals surface area contributed by atoms with Crippen molar-refractivity contribution in [2.75, 3.05) is 0 Å². The minimum Gasteiger partial charge on any atom is -0.862 e. The Bertz CT molecular complexity index is 1030. The van der Waals surface area contributed by atoms with E-state index in [1.54, 1.807) is 26.0 Å². The Morgan fingerprint density at radius 2 is 0.973 bits per heavy atom. The molecule has 2 unspecified atom stereocenters. The minimum atomic E-state index is -1.23. The predicted octanol–water partition coefficient (Wildman–Crippen LogP) is 3.41. The van der Waals surface area contributed by atoms with Crippen LogP contribution in [0, 0.1) is 21.7 Å². The first-order valence-electron chi connectivity index (χ1n) is 12.3. The van der Waals surface area contributed by atoms with E-state index in [0.29, 0.717) is 35.8 Å². The van der Waals surface area contributed by atoms with Crippen LogP contribution in [-0.2, 0) is 26.0 Å². The van der Waals surface area contributed by atoms with Gasteiger partial charge in [-0.2, -0.15) is 0 Å². The van der Waals surface area contributed by atoms with E-state index in [4.69, 9.17) is 9.47 Å². The molecule has 0 fully saturated rings. The van der Waals surface area contributed by atoms with Crippen molar-refractivity contribution in [3.63, 3.8) is 0 Å².